The summed E-state index contributed by atoms with van der Waals surface area (Å²) < 4.78 is 0. The maximum absolute atomic E-state index is 3.74. The minimum absolute atomic E-state index is 0.452. The second-order valence-corrected chi connectivity index (χ2v) is 8.07. The number of benzene rings is 1. The van der Waals surface area contributed by atoms with Gasteiger partial charge in [0.15, 0.2) is 0 Å². The first-order valence-electron chi connectivity index (χ1n) is 7.08. The van der Waals surface area contributed by atoms with E-state index in [0.29, 0.717) is 6.04 Å². The number of thioether (sulfide) groups is 2. The van der Waals surface area contributed by atoms with E-state index < -0.39 is 0 Å². The van der Waals surface area contributed by atoms with Crippen molar-refractivity contribution in [2.75, 3.05) is 23.8 Å². The predicted octanol–water partition coefficient (Wildman–Crippen LogP) is 4.11. The molecule has 0 saturated carbocycles. The van der Waals surface area contributed by atoms with Crippen LogP contribution in [0.15, 0.2) is 12.1 Å². The SMILES string of the molecule is Cc1cc(C)c(C(C)NCC2CSCCS2)c(C)c1. The normalized spacial score (nSPS) is 21.4. The number of hydrogen-bond donors (Lipinski definition) is 1. The molecule has 19 heavy (non-hydrogen) atoms. The van der Waals surface area contributed by atoms with E-state index in [9.17, 15) is 0 Å². The summed E-state index contributed by atoms with van der Waals surface area (Å²) in [4.78, 5) is 0. The van der Waals surface area contributed by atoms with Crippen LogP contribution >= 0.6 is 23.5 Å². The summed E-state index contributed by atoms with van der Waals surface area (Å²) in [6.45, 7) is 10.1. The van der Waals surface area contributed by atoms with Crippen molar-refractivity contribution in [2.24, 2.45) is 0 Å². The summed E-state index contributed by atoms with van der Waals surface area (Å²) in [6.07, 6.45) is 0. The molecule has 1 aliphatic heterocycles. The second kappa shape index (κ2) is 7.05. The van der Waals surface area contributed by atoms with Gasteiger partial charge in [0.25, 0.3) is 0 Å². The van der Waals surface area contributed by atoms with Crippen LogP contribution in [0.2, 0.25) is 0 Å². The zero-order valence-electron chi connectivity index (χ0n) is 12.5. The average Bonchev–Trinajstić information content (AvgIpc) is 2.36. The molecular formula is C16H25NS2. The molecular weight excluding hydrogens is 270 g/mol. The van der Waals surface area contributed by atoms with E-state index in [1.807, 2.05) is 0 Å². The third-order valence-corrected chi connectivity index (χ3v) is 6.55. The van der Waals surface area contributed by atoms with Gasteiger partial charge in [0, 0.05) is 35.1 Å². The zero-order valence-corrected chi connectivity index (χ0v) is 14.1. The largest absolute Gasteiger partial charge is 0.309 e. The van der Waals surface area contributed by atoms with Gasteiger partial charge in [0.1, 0.15) is 0 Å². The second-order valence-electron chi connectivity index (χ2n) is 5.51. The zero-order chi connectivity index (χ0) is 13.8. The molecule has 2 unspecified atom stereocenters. The highest BCUT2D eigenvalue weighted by molar-refractivity contribution is 8.06. The highest BCUT2D eigenvalue weighted by Gasteiger charge is 2.17. The Balaban J connectivity index is 1.97. The average molecular weight is 296 g/mol. The monoisotopic (exact) mass is 295 g/mol. The molecule has 0 spiro atoms. The summed E-state index contributed by atoms with van der Waals surface area (Å²) in [7, 11) is 0. The van der Waals surface area contributed by atoms with Gasteiger partial charge in [0.2, 0.25) is 0 Å². The predicted molar refractivity (Wildman–Crippen MR) is 90.6 cm³/mol. The van der Waals surface area contributed by atoms with Gasteiger partial charge in [-0.3, -0.25) is 0 Å². The van der Waals surface area contributed by atoms with Crippen LogP contribution in [-0.4, -0.2) is 29.1 Å². The Morgan fingerprint density at radius 1 is 1.21 bits per heavy atom. The summed E-state index contributed by atoms with van der Waals surface area (Å²) >= 11 is 4.23. The molecule has 3 heteroatoms. The number of hydrogen-bond acceptors (Lipinski definition) is 3. The van der Waals surface area contributed by atoms with Crippen molar-refractivity contribution in [3.05, 3.63) is 34.4 Å². The molecule has 0 radical (unpaired) electrons. The van der Waals surface area contributed by atoms with Gasteiger partial charge in [-0.2, -0.15) is 23.5 Å². The molecule has 1 aliphatic rings. The third kappa shape index (κ3) is 4.17. The highest BCUT2D eigenvalue weighted by Crippen LogP contribution is 2.26. The summed E-state index contributed by atoms with van der Waals surface area (Å²) in [6, 6.07) is 5.05. The quantitative estimate of drug-likeness (QED) is 0.898. The van der Waals surface area contributed by atoms with E-state index in [4.69, 9.17) is 0 Å². The van der Waals surface area contributed by atoms with Crippen molar-refractivity contribution in [1.29, 1.82) is 0 Å². The molecule has 1 heterocycles. The molecule has 1 fully saturated rings. The smallest absolute Gasteiger partial charge is 0.0297 e. The van der Waals surface area contributed by atoms with E-state index >= 15 is 0 Å². The molecule has 1 saturated heterocycles. The highest BCUT2D eigenvalue weighted by atomic mass is 32.2. The minimum atomic E-state index is 0.452. The summed E-state index contributed by atoms with van der Waals surface area (Å²) in [5.74, 6) is 3.94. The Labute approximate surface area is 126 Å². The van der Waals surface area contributed by atoms with Gasteiger partial charge >= 0.3 is 0 Å². The van der Waals surface area contributed by atoms with Crippen LogP contribution in [0.1, 0.15) is 35.2 Å². The van der Waals surface area contributed by atoms with Gasteiger partial charge in [-0.25, -0.2) is 0 Å². The Bertz CT molecular complexity index is 402. The van der Waals surface area contributed by atoms with Crippen molar-refractivity contribution in [3.63, 3.8) is 0 Å². The van der Waals surface area contributed by atoms with Crippen molar-refractivity contribution in [3.8, 4) is 0 Å². The Kier molecular flexibility index (Phi) is 5.67. The lowest BCUT2D eigenvalue weighted by Gasteiger charge is -2.25. The lowest BCUT2D eigenvalue weighted by molar-refractivity contribution is 0.572. The van der Waals surface area contributed by atoms with Crippen molar-refractivity contribution in [1.82, 2.24) is 5.32 Å². The van der Waals surface area contributed by atoms with Crippen LogP contribution in [0.4, 0.5) is 0 Å². The van der Waals surface area contributed by atoms with Crippen LogP contribution in [0, 0.1) is 20.8 Å². The fourth-order valence-corrected chi connectivity index (χ4v) is 5.56. The first kappa shape index (κ1) is 15.3. The summed E-state index contributed by atoms with van der Waals surface area (Å²) in [5, 5.41) is 4.52. The van der Waals surface area contributed by atoms with Gasteiger partial charge < -0.3 is 5.32 Å². The maximum atomic E-state index is 3.74. The molecule has 0 bridgehead atoms. The van der Waals surface area contributed by atoms with Gasteiger partial charge in [-0.15, -0.1) is 0 Å². The van der Waals surface area contributed by atoms with E-state index in [1.54, 1.807) is 0 Å². The standard InChI is InChI=1S/C16H25NS2/c1-11-7-12(2)16(13(3)8-11)14(4)17-9-15-10-18-5-6-19-15/h7-8,14-15,17H,5-6,9-10H2,1-4H3. The van der Waals surface area contributed by atoms with E-state index in [1.165, 1.54) is 39.5 Å². The van der Waals surface area contributed by atoms with Crippen LogP contribution < -0.4 is 5.32 Å². The van der Waals surface area contributed by atoms with Crippen molar-refractivity contribution < 1.29 is 0 Å². The lowest BCUT2D eigenvalue weighted by atomic mass is 9.95. The molecule has 1 nitrogen and oxygen atoms in total. The molecule has 0 aromatic heterocycles. The molecule has 0 amide bonds. The van der Waals surface area contributed by atoms with Crippen molar-refractivity contribution in [2.45, 2.75) is 39.0 Å². The maximum Gasteiger partial charge on any atom is 0.0297 e. The number of rotatable bonds is 4. The van der Waals surface area contributed by atoms with E-state index in [0.717, 1.165) is 11.8 Å². The number of aryl methyl sites for hydroxylation is 3. The number of nitrogens with one attached hydrogen (secondary N) is 1. The van der Waals surface area contributed by atoms with E-state index in [-0.39, 0.29) is 0 Å². The van der Waals surface area contributed by atoms with Gasteiger partial charge in [0.05, 0.1) is 0 Å². The molecule has 1 aromatic rings. The summed E-state index contributed by atoms with van der Waals surface area (Å²) in [5.41, 5.74) is 5.69. The Morgan fingerprint density at radius 3 is 2.47 bits per heavy atom. The first-order valence-corrected chi connectivity index (χ1v) is 9.28. The third-order valence-electron chi connectivity index (χ3n) is 3.71. The van der Waals surface area contributed by atoms with Crippen LogP contribution in [-0.2, 0) is 0 Å². The van der Waals surface area contributed by atoms with Gasteiger partial charge in [-0.1, -0.05) is 17.7 Å². The van der Waals surface area contributed by atoms with Crippen molar-refractivity contribution >= 4 is 23.5 Å². The molecule has 2 atom stereocenters. The molecule has 1 N–H and O–H groups in total. The Hall–Kier alpha value is -0.120. The molecule has 1 aromatic carbocycles. The van der Waals surface area contributed by atoms with Crippen LogP contribution in [0.25, 0.3) is 0 Å². The topological polar surface area (TPSA) is 12.0 Å². The van der Waals surface area contributed by atoms with Crippen LogP contribution in [0.3, 0.4) is 0 Å². The molecule has 106 valence electrons. The fraction of sp³-hybridized carbons (Fsp3) is 0.625. The van der Waals surface area contributed by atoms with Gasteiger partial charge in [-0.05, 0) is 44.4 Å². The van der Waals surface area contributed by atoms with E-state index in [2.05, 4.69) is 68.7 Å². The first-order chi connectivity index (χ1) is 9.08. The fourth-order valence-electron chi connectivity index (χ4n) is 2.94. The molecule has 2 rings (SSSR count). The minimum Gasteiger partial charge on any atom is -0.309 e. The van der Waals surface area contributed by atoms with Crippen LogP contribution in [0.5, 0.6) is 0 Å². The lowest BCUT2D eigenvalue weighted by Crippen LogP contribution is -2.31. The Morgan fingerprint density at radius 2 is 1.89 bits per heavy atom. The molecule has 0 aliphatic carbocycles.